The van der Waals surface area contributed by atoms with E-state index in [1.807, 2.05) is 23.1 Å². The first-order valence-electron chi connectivity index (χ1n) is 8.91. The normalized spacial score (nSPS) is 15.6. The Bertz CT molecular complexity index is 1110. The van der Waals surface area contributed by atoms with Crippen molar-refractivity contribution < 1.29 is 8.42 Å². The van der Waals surface area contributed by atoms with Gasteiger partial charge in [-0.05, 0) is 42.8 Å². The van der Waals surface area contributed by atoms with Crippen molar-refractivity contribution in [3.8, 4) is 5.82 Å². The highest BCUT2D eigenvalue weighted by molar-refractivity contribution is 7.89. The van der Waals surface area contributed by atoms with Crippen LogP contribution in [0.3, 0.4) is 0 Å². The van der Waals surface area contributed by atoms with Crippen molar-refractivity contribution in [2.24, 2.45) is 0 Å². The molecule has 0 saturated carbocycles. The van der Waals surface area contributed by atoms with Crippen molar-refractivity contribution >= 4 is 39.0 Å². The third-order valence-electron chi connectivity index (χ3n) is 4.77. The number of halogens is 2. The summed E-state index contributed by atoms with van der Waals surface area (Å²) < 4.78 is 29.1. The van der Waals surface area contributed by atoms with Crippen LogP contribution in [0.2, 0.25) is 10.0 Å². The first-order valence-corrected chi connectivity index (χ1v) is 11.1. The van der Waals surface area contributed by atoms with E-state index in [4.69, 9.17) is 23.2 Å². The standard InChI is InChI=1S/C18H18Cl2N6O2S/c1-13-11-16(15(20)12-14(13)19)29(27,28)25-9-7-24(8-10-25)17-3-4-18(23-22-17)26-6-2-5-21-26/h2-6,11-12H,7-10H2,1H3. The molecule has 2 aromatic heterocycles. The van der Waals surface area contributed by atoms with Gasteiger partial charge in [0.2, 0.25) is 10.0 Å². The topological polar surface area (TPSA) is 84.2 Å². The second-order valence-electron chi connectivity index (χ2n) is 6.62. The Balaban J connectivity index is 1.47. The van der Waals surface area contributed by atoms with Gasteiger partial charge in [-0.1, -0.05) is 23.2 Å². The molecule has 1 aromatic carbocycles. The molecule has 0 amide bonds. The summed E-state index contributed by atoms with van der Waals surface area (Å²) in [6.45, 7) is 3.39. The number of hydrogen-bond acceptors (Lipinski definition) is 6. The van der Waals surface area contributed by atoms with Gasteiger partial charge >= 0.3 is 0 Å². The zero-order chi connectivity index (χ0) is 20.6. The Kier molecular flexibility index (Phi) is 5.48. The summed E-state index contributed by atoms with van der Waals surface area (Å²) in [5.41, 5.74) is 0.667. The molecule has 3 heterocycles. The fourth-order valence-electron chi connectivity index (χ4n) is 3.14. The molecule has 0 N–H and O–H groups in total. The number of piperazine rings is 1. The maximum Gasteiger partial charge on any atom is 0.244 e. The van der Waals surface area contributed by atoms with Gasteiger partial charge in [0.1, 0.15) is 4.90 Å². The van der Waals surface area contributed by atoms with Crippen LogP contribution in [0.15, 0.2) is 47.6 Å². The predicted octanol–water partition coefficient (Wildman–Crippen LogP) is 2.79. The van der Waals surface area contributed by atoms with Crippen molar-refractivity contribution in [1.82, 2.24) is 24.3 Å². The molecule has 0 bridgehead atoms. The zero-order valence-corrected chi connectivity index (χ0v) is 17.9. The summed E-state index contributed by atoms with van der Waals surface area (Å²) >= 11 is 12.2. The molecule has 1 fully saturated rings. The third kappa shape index (κ3) is 3.95. The Hall–Kier alpha value is -2.20. The summed E-state index contributed by atoms with van der Waals surface area (Å²) in [5, 5.41) is 13.1. The second-order valence-corrected chi connectivity index (χ2v) is 9.34. The van der Waals surface area contributed by atoms with E-state index >= 15 is 0 Å². The molecule has 1 aliphatic heterocycles. The lowest BCUT2D eigenvalue weighted by Crippen LogP contribution is -2.49. The van der Waals surface area contributed by atoms with E-state index < -0.39 is 10.0 Å². The molecule has 3 aromatic rings. The molecule has 1 aliphatic rings. The van der Waals surface area contributed by atoms with Crippen LogP contribution < -0.4 is 4.90 Å². The first kappa shape index (κ1) is 20.1. The summed E-state index contributed by atoms with van der Waals surface area (Å²) in [7, 11) is -3.71. The van der Waals surface area contributed by atoms with E-state index in [1.165, 1.54) is 16.4 Å². The minimum Gasteiger partial charge on any atom is -0.352 e. The van der Waals surface area contributed by atoms with Gasteiger partial charge in [0.25, 0.3) is 0 Å². The molecule has 0 aliphatic carbocycles. The minimum absolute atomic E-state index is 0.0814. The van der Waals surface area contributed by atoms with Gasteiger partial charge in [0, 0.05) is 43.6 Å². The van der Waals surface area contributed by atoms with E-state index in [-0.39, 0.29) is 9.92 Å². The third-order valence-corrected chi connectivity index (χ3v) is 7.54. The van der Waals surface area contributed by atoms with Crippen LogP contribution in [0.5, 0.6) is 0 Å². The molecule has 11 heteroatoms. The number of anilines is 1. The highest BCUT2D eigenvalue weighted by Crippen LogP contribution is 2.31. The van der Waals surface area contributed by atoms with Crippen LogP contribution in [0.25, 0.3) is 5.82 Å². The highest BCUT2D eigenvalue weighted by Gasteiger charge is 2.31. The van der Waals surface area contributed by atoms with Crippen molar-refractivity contribution in [3.05, 3.63) is 58.3 Å². The molecule has 152 valence electrons. The lowest BCUT2D eigenvalue weighted by Gasteiger charge is -2.34. The van der Waals surface area contributed by atoms with Crippen molar-refractivity contribution in [3.63, 3.8) is 0 Å². The Morgan fingerprint density at radius 2 is 1.66 bits per heavy atom. The van der Waals surface area contributed by atoms with E-state index in [0.29, 0.717) is 48.4 Å². The monoisotopic (exact) mass is 452 g/mol. The molecular weight excluding hydrogens is 435 g/mol. The molecule has 4 rings (SSSR count). The van der Waals surface area contributed by atoms with E-state index in [2.05, 4.69) is 15.3 Å². The average Bonchev–Trinajstić information content (AvgIpc) is 3.26. The Morgan fingerprint density at radius 3 is 2.28 bits per heavy atom. The fourth-order valence-corrected chi connectivity index (χ4v) is 5.37. The SMILES string of the molecule is Cc1cc(S(=O)(=O)N2CCN(c3ccc(-n4cccn4)nn3)CC2)c(Cl)cc1Cl. The van der Waals surface area contributed by atoms with Crippen molar-refractivity contribution in [2.45, 2.75) is 11.8 Å². The van der Waals surface area contributed by atoms with Gasteiger partial charge in [-0.3, -0.25) is 0 Å². The van der Waals surface area contributed by atoms with Gasteiger partial charge in [0.15, 0.2) is 11.6 Å². The first-order chi connectivity index (χ1) is 13.9. The second kappa shape index (κ2) is 7.91. The Labute approximate surface area is 178 Å². The number of benzene rings is 1. The molecule has 1 saturated heterocycles. The number of aromatic nitrogens is 4. The fraction of sp³-hybridized carbons (Fsp3) is 0.278. The number of hydrogen-bond donors (Lipinski definition) is 0. The van der Waals surface area contributed by atoms with Gasteiger partial charge in [-0.2, -0.15) is 9.40 Å². The molecule has 29 heavy (non-hydrogen) atoms. The zero-order valence-electron chi connectivity index (χ0n) is 15.5. The van der Waals surface area contributed by atoms with Gasteiger partial charge in [-0.25, -0.2) is 13.1 Å². The maximum atomic E-state index is 13.0. The smallest absolute Gasteiger partial charge is 0.244 e. The highest BCUT2D eigenvalue weighted by atomic mass is 35.5. The summed E-state index contributed by atoms with van der Waals surface area (Å²) in [6.07, 6.45) is 3.46. The maximum absolute atomic E-state index is 13.0. The number of aryl methyl sites for hydroxylation is 1. The largest absolute Gasteiger partial charge is 0.352 e. The van der Waals surface area contributed by atoms with Gasteiger partial charge < -0.3 is 4.90 Å². The summed E-state index contributed by atoms with van der Waals surface area (Å²) in [6, 6.07) is 8.48. The van der Waals surface area contributed by atoms with Gasteiger partial charge in [0.05, 0.1) is 5.02 Å². The lowest BCUT2D eigenvalue weighted by molar-refractivity contribution is 0.383. The molecule has 0 spiro atoms. The van der Waals surface area contributed by atoms with Gasteiger partial charge in [-0.15, -0.1) is 10.2 Å². The van der Waals surface area contributed by atoms with Crippen LogP contribution >= 0.6 is 23.2 Å². The molecular formula is C18H18Cl2N6O2S. The minimum atomic E-state index is -3.71. The number of sulfonamides is 1. The van der Waals surface area contributed by atoms with Crippen LogP contribution in [0, 0.1) is 6.92 Å². The molecule has 0 atom stereocenters. The van der Waals surface area contributed by atoms with E-state index in [0.717, 1.165) is 0 Å². The summed E-state index contributed by atoms with van der Waals surface area (Å²) in [5.74, 6) is 1.31. The van der Waals surface area contributed by atoms with Crippen molar-refractivity contribution in [2.75, 3.05) is 31.1 Å². The van der Waals surface area contributed by atoms with Crippen molar-refractivity contribution in [1.29, 1.82) is 0 Å². The van der Waals surface area contributed by atoms with Crippen LogP contribution in [-0.4, -0.2) is 58.9 Å². The predicted molar refractivity (Wildman–Crippen MR) is 111 cm³/mol. The van der Waals surface area contributed by atoms with Crippen LogP contribution in [-0.2, 0) is 10.0 Å². The number of rotatable bonds is 4. The summed E-state index contributed by atoms with van der Waals surface area (Å²) in [4.78, 5) is 2.08. The van der Waals surface area contributed by atoms with Crippen LogP contribution in [0.1, 0.15) is 5.56 Å². The Morgan fingerprint density at radius 1 is 0.966 bits per heavy atom. The number of nitrogens with zero attached hydrogens (tertiary/aromatic N) is 6. The van der Waals surface area contributed by atoms with E-state index in [9.17, 15) is 8.42 Å². The average molecular weight is 453 g/mol. The molecule has 0 radical (unpaired) electrons. The molecule has 0 unspecified atom stereocenters. The van der Waals surface area contributed by atoms with Crippen LogP contribution in [0.4, 0.5) is 5.82 Å². The quantitative estimate of drug-likeness (QED) is 0.604. The van der Waals surface area contributed by atoms with E-state index in [1.54, 1.807) is 24.0 Å². The molecule has 8 nitrogen and oxygen atoms in total. The lowest BCUT2D eigenvalue weighted by atomic mass is 10.2.